The smallest absolute Gasteiger partial charge is 0.260 e. The minimum absolute atomic E-state index is 0.0106. The normalized spacial score (nSPS) is 16.9. The summed E-state index contributed by atoms with van der Waals surface area (Å²) in [6.07, 6.45) is 1.44. The molecule has 0 unspecified atom stereocenters. The molecule has 0 spiro atoms. The average molecular weight is 347 g/mol. The number of nitrogens with zero attached hydrogens (tertiary/aromatic N) is 1. The number of carbonyl (C=O) groups is 2. The van der Waals surface area contributed by atoms with Gasteiger partial charge in [-0.2, -0.15) is 0 Å². The molecule has 3 rings (SSSR count). The molecule has 0 radical (unpaired) electrons. The van der Waals surface area contributed by atoms with Gasteiger partial charge in [0.15, 0.2) is 0 Å². The van der Waals surface area contributed by atoms with Crippen molar-refractivity contribution in [2.45, 2.75) is 6.04 Å². The molecule has 1 saturated heterocycles. The van der Waals surface area contributed by atoms with Crippen LogP contribution < -0.4 is 10.9 Å². The summed E-state index contributed by atoms with van der Waals surface area (Å²) in [6.45, 7) is 0. The van der Waals surface area contributed by atoms with E-state index in [1.165, 1.54) is 47.1 Å². The van der Waals surface area contributed by atoms with Crippen LogP contribution in [0, 0.1) is 5.82 Å². The van der Waals surface area contributed by atoms with Crippen LogP contribution in [-0.4, -0.2) is 39.4 Å². The summed E-state index contributed by atoms with van der Waals surface area (Å²) >= 11 is 1.42. The zero-order chi connectivity index (χ0) is 17.1. The van der Waals surface area contributed by atoms with E-state index in [0.717, 1.165) is 0 Å². The van der Waals surface area contributed by atoms with Gasteiger partial charge >= 0.3 is 0 Å². The van der Waals surface area contributed by atoms with Crippen LogP contribution >= 0.6 is 11.8 Å². The minimum atomic E-state index is -0.717. The van der Waals surface area contributed by atoms with Crippen LogP contribution in [0.4, 0.5) is 10.1 Å². The molecule has 2 heterocycles. The number of halogens is 1. The number of aromatic amines is 1. The summed E-state index contributed by atoms with van der Waals surface area (Å²) in [6, 6.07) is 7.79. The number of hydrogen-bond donors (Lipinski definition) is 2. The molecular weight excluding hydrogens is 333 g/mol. The quantitative estimate of drug-likeness (QED) is 0.885. The van der Waals surface area contributed by atoms with Gasteiger partial charge in [0.05, 0.1) is 5.88 Å². The third-order valence-corrected chi connectivity index (χ3v) is 4.60. The van der Waals surface area contributed by atoms with Gasteiger partial charge in [0.1, 0.15) is 17.4 Å². The van der Waals surface area contributed by atoms with Gasteiger partial charge in [-0.05, 0) is 30.3 Å². The fraction of sp³-hybridized carbons (Fsp3) is 0.188. The molecule has 24 heavy (non-hydrogen) atoms. The maximum Gasteiger partial charge on any atom is 0.260 e. The van der Waals surface area contributed by atoms with Crippen molar-refractivity contribution in [2.75, 3.05) is 16.9 Å². The molecule has 0 aliphatic carbocycles. The SMILES string of the molecule is O=C(Nc1cccc(F)c1)[C@@H]1CSCN1C(=O)c1ccc[nH]c1=O. The first kappa shape index (κ1) is 16.3. The first-order chi connectivity index (χ1) is 11.6. The maximum absolute atomic E-state index is 13.2. The molecule has 6 nitrogen and oxygen atoms in total. The molecule has 2 amide bonds. The summed E-state index contributed by atoms with van der Waals surface area (Å²) in [5, 5.41) is 2.60. The zero-order valence-corrected chi connectivity index (χ0v) is 13.3. The maximum atomic E-state index is 13.2. The second-order valence-electron chi connectivity index (χ2n) is 5.20. The van der Waals surface area contributed by atoms with Crippen molar-refractivity contribution in [3.8, 4) is 0 Å². The van der Waals surface area contributed by atoms with Gasteiger partial charge < -0.3 is 15.2 Å². The summed E-state index contributed by atoms with van der Waals surface area (Å²) in [5.41, 5.74) is -0.186. The molecule has 1 aromatic carbocycles. The highest BCUT2D eigenvalue weighted by atomic mass is 32.2. The van der Waals surface area contributed by atoms with Gasteiger partial charge in [-0.1, -0.05) is 6.07 Å². The van der Waals surface area contributed by atoms with Crippen molar-refractivity contribution in [1.82, 2.24) is 9.88 Å². The van der Waals surface area contributed by atoms with Crippen molar-refractivity contribution >= 4 is 29.3 Å². The lowest BCUT2D eigenvalue weighted by Crippen LogP contribution is -2.45. The monoisotopic (exact) mass is 347 g/mol. The van der Waals surface area contributed by atoms with E-state index in [2.05, 4.69) is 10.3 Å². The van der Waals surface area contributed by atoms with Crippen LogP contribution in [0.25, 0.3) is 0 Å². The van der Waals surface area contributed by atoms with Crippen molar-refractivity contribution in [2.24, 2.45) is 0 Å². The van der Waals surface area contributed by atoms with Crippen LogP contribution in [0.15, 0.2) is 47.4 Å². The summed E-state index contributed by atoms with van der Waals surface area (Å²) in [7, 11) is 0. The Morgan fingerprint density at radius 3 is 2.88 bits per heavy atom. The second-order valence-corrected chi connectivity index (χ2v) is 6.20. The number of thioether (sulfide) groups is 1. The molecule has 124 valence electrons. The molecule has 1 aliphatic heterocycles. The fourth-order valence-electron chi connectivity index (χ4n) is 2.40. The number of H-pyrrole nitrogens is 1. The molecule has 1 atom stereocenters. The first-order valence-electron chi connectivity index (χ1n) is 7.19. The summed E-state index contributed by atoms with van der Waals surface area (Å²) in [4.78, 5) is 40.5. The van der Waals surface area contributed by atoms with E-state index >= 15 is 0 Å². The first-order valence-corrected chi connectivity index (χ1v) is 8.34. The van der Waals surface area contributed by atoms with E-state index in [4.69, 9.17) is 0 Å². The van der Waals surface area contributed by atoms with E-state index < -0.39 is 29.2 Å². The number of amides is 2. The van der Waals surface area contributed by atoms with E-state index in [1.54, 1.807) is 12.1 Å². The zero-order valence-electron chi connectivity index (χ0n) is 12.5. The van der Waals surface area contributed by atoms with Crippen molar-refractivity contribution < 1.29 is 14.0 Å². The Labute approximate surface area is 141 Å². The Kier molecular flexibility index (Phi) is 4.66. The number of nitrogens with one attached hydrogen (secondary N) is 2. The van der Waals surface area contributed by atoms with Gasteiger partial charge in [-0.15, -0.1) is 11.8 Å². The average Bonchev–Trinajstić information content (AvgIpc) is 3.04. The number of aromatic nitrogens is 1. The highest BCUT2D eigenvalue weighted by molar-refractivity contribution is 7.99. The number of hydrogen-bond acceptors (Lipinski definition) is 4. The predicted molar refractivity (Wildman–Crippen MR) is 89.4 cm³/mol. The number of anilines is 1. The molecule has 2 aromatic rings. The van der Waals surface area contributed by atoms with Crippen LogP contribution in [-0.2, 0) is 4.79 Å². The Balaban J connectivity index is 1.78. The predicted octanol–water partition coefficient (Wildman–Crippen LogP) is 1.67. The standard InChI is InChI=1S/C16H14FN3O3S/c17-10-3-1-4-11(7-10)19-15(22)13-8-24-9-20(13)16(23)12-5-2-6-18-14(12)21/h1-7,13H,8-9H2,(H,18,21)(H,19,22)/t13-/m0/s1. The Morgan fingerprint density at radius 1 is 1.29 bits per heavy atom. The van der Waals surface area contributed by atoms with Crippen LogP contribution in [0.5, 0.6) is 0 Å². The van der Waals surface area contributed by atoms with Gasteiger partial charge in [-0.25, -0.2) is 4.39 Å². The Hall–Kier alpha value is -2.61. The third kappa shape index (κ3) is 3.33. The minimum Gasteiger partial charge on any atom is -0.328 e. The lowest BCUT2D eigenvalue weighted by molar-refractivity contribution is -0.119. The summed E-state index contributed by atoms with van der Waals surface area (Å²) in [5.74, 6) is -0.642. The highest BCUT2D eigenvalue weighted by Gasteiger charge is 2.35. The largest absolute Gasteiger partial charge is 0.328 e. The van der Waals surface area contributed by atoms with Gasteiger partial charge in [0.2, 0.25) is 5.91 Å². The van der Waals surface area contributed by atoms with Crippen LogP contribution in [0.3, 0.4) is 0 Å². The molecule has 1 aromatic heterocycles. The Morgan fingerprint density at radius 2 is 2.12 bits per heavy atom. The van der Waals surface area contributed by atoms with Crippen molar-refractivity contribution in [3.05, 3.63) is 64.3 Å². The topological polar surface area (TPSA) is 82.3 Å². The van der Waals surface area contributed by atoms with Crippen molar-refractivity contribution in [1.29, 1.82) is 0 Å². The molecule has 1 fully saturated rings. The number of pyridine rings is 1. The van der Waals surface area contributed by atoms with E-state index in [1.807, 2.05) is 0 Å². The van der Waals surface area contributed by atoms with Crippen molar-refractivity contribution in [3.63, 3.8) is 0 Å². The summed E-state index contributed by atoms with van der Waals surface area (Å²) < 4.78 is 13.2. The lowest BCUT2D eigenvalue weighted by atomic mass is 10.2. The lowest BCUT2D eigenvalue weighted by Gasteiger charge is -2.22. The second kappa shape index (κ2) is 6.88. The number of rotatable bonds is 3. The third-order valence-electron chi connectivity index (χ3n) is 3.59. The van der Waals surface area contributed by atoms with E-state index in [0.29, 0.717) is 17.3 Å². The van der Waals surface area contributed by atoms with Gasteiger partial charge in [-0.3, -0.25) is 14.4 Å². The van der Waals surface area contributed by atoms with Crippen LogP contribution in [0.2, 0.25) is 0 Å². The van der Waals surface area contributed by atoms with E-state index in [9.17, 15) is 18.8 Å². The molecule has 8 heteroatoms. The number of carbonyl (C=O) groups excluding carboxylic acids is 2. The molecule has 2 N–H and O–H groups in total. The van der Waals surface area contributed by atoms with Crippen LogP contribution in [0.1, 0.15) is 10.4 Å². The Bertz CT molecular complexity index is 839. The van der Waals surface area contributed by atoms with Gasteiger partial charge in [0.25, 0.3) is 11.5 Å². The number of benzene rings is 1. The molecular formula is C16H14FN3O3S. The molecule has 0 saturated carbocycles. The van der Waals surface area contributed by atoms with Gasteiger partial charge in [0, 0.05) is 17.6 Å². The highest BCUT2D eigenvalue weighted by Crippen LogP contribution is 2.23. The molecule has 0 bridgehead atoms. The fourth-order valence-corrected chi connectivity index (χ4v) is 3.55. The molecule has 1 aliphatic rings. The van der Waals surface area contributed by atoms with E-state index in [-0.39, 0.29) is 5.56 Å².